The van der Waals surface area contributed by atoms with Gasteiger partial charge in [-0.05, 0) is 36.4 Å². The van der Waals surface area contributed by atoms with Crippen LogP contribution in [0, 0.1) is 10.7 Å². The maximum absolute atomic E-state index is 8.65. The highest BCUT2D eigenvalue weighted by atomic mass is 32.2. The number of rotatable bonds is 5. The molecule has 86 valence electrons. The van der Waals surface area contributed by atoms with Crippen LogP contribution in [0.25, 0.3) is 0 Å². The Labute approximate surface area is 101 Å². The molecule has 0 saturated carbocycles. The van der Waals surface area contributed by atoms with Gasteiger partial charge in [0.05, 0.1) is 12.8 Å². The zero-order valence-corrected chi connectivity index (χ0v) is 10.7. The summed E-state index contributed by atoms with van der Waals surface area (Å²) in [6, 6.07) is 5.79. The number of methoxy groups -OCH3 is 1. The van der Waals surface area contributed by atoms with Crippen molar-refractivity contribution in [3.8, 4) is 11.2 Å². The maximum Gasteiger partial charge on any atom is 0.142 e. The number of anilines is 1. The third-order valence-electron chi connectivity index (χ3n) is 2.28. The molecular formula is C12H16N2OS. The second-order valence-electron chi connectivity index (χ2n) is 3.45. The van der Waals surface area contributed by atoms with E-state index in [1.165, 1.54) is 11.8 Å². The largest absolute Gasteiger partial charge is 0.495 e. The van der Waals surface area contributed by atoms with Gasteiger partial charge in [-0.1, -0.05) is 6.92 Å². The van der Waals surface area contributed by atoms with E-state index in [1.54, 1.807) is 7.11 Å². The SMILES string of the molecule is CCCN(C)c1cc(SC#N)ccc1OC. The third-order valence-corrected chi connectivity index (χ3v) is 2.86. The minimum atomic E-state index is 0.846. The molecule has 0 spiro atoms. The van der Waals surface area contributed by atoms with Crippen LogP contribution < -0.4 is 9.64 Å². The predicted molar refractivity (Wildman–Crippen MR) is 68.0 cm³/mol. The van der Waals surface area contributed by atoms with Gasteiger partial charge in [0, 0.05) is 18.5 Å². The van der Waals surface area contributed by atoms with Gasteiger partial charge in [0.15, 0.2) is 0 Å². The van der Waals surface area contributed by atoms with E-state index in [4.69, 9.17) is 10.00 Å². The summed E-state index contributed by atoms with van der Waals surface area (Å²) in [5, 5.41) is 10.7. The maximum atomic E-state index is 8.65. The summed E-state index contributed by atoms with van der Waals surface area (Å²) in [5.41, 5.74) is 1.03. The molecule has 0 heterocycles. The van der Waals surface area contributed by atoms with Crippen molar-refractivity contribution in [2.45, 2.75) is 18.2 Å². The van der Waals surface area contributed by atoms with Gasteiger partial charge < -0.3 is 9.64 Å². The van der Waals surface area contributed by atoms with Crippen molar-refractivity contribution in [3.63, 3.8) is 0 Å². The van der Waals surface area contributed by atoms with Gasteiger partial charge in [0.1, 0.15) is 11.2 Å². The molecule has 0 aromatic heterocycles. The van der Waals surface area contributed by atoms with E-state index in [0.717, 1.165) is 29.3 Å². The van der Waals surface area contributed by atoms with E-state index in [1.807, 2.05) is 25.2 Å². The van der Waals surface area contributed by atoms with Crippen LogP contribution in [0.5, 0.6) is 5.75 Å². The molecular weight excluding hydrogens is 220 g/mol. The zero-order valence-electron chi connectivity index (χ0n) is 9.86. The molecule has 16 heavy (non-hydrogen) atoms. The van der Waals surface area contributed by atoms with E-state index in [2.05, 4.69) is 17.2 Å². The number of ether oxygens (including phenoxy) is 1. The molecule has 0 fully saturated rings. The highest BCUT2D eigenvalue weighted by Crippen LogP contribution is 2.32. The first kappa shape index (κ1) is 12.7. The minimum Gasteiger partial charge on any atom is -0.495 e. The highest BCUT2D eigenvalue weighted by molar-refractivity contribution is 8.03. The Morgan fingerprint density at radius 1 is 1.50 bits per heavy atom. The predicted octanol–water partition coefficient (Wildman–Crippen LogP) is 3.11. The standard InChI is InChI=1S/C12H16N2OS/c1-4-7-14(2)11-8-10(16-9-13)5-6-12(11)15-3/h5-6,8H,4,7H2,1-3H3. The highest BCUT2D eigenvalue weighted by Gasteiger charge is 2.08. The number of nitriles is 1. The van der Waals surface area contributed by atoms with Crippen LogP contribution in [0.1, 0.15) is 13.3 Å². The Kier molecular flexibility index (Phi) is 5.00. The summed E-state index contributed by atoms with van der Waals surface area (Å²) < 4.78 is 5.31. The normalized spacial score (nSPS) is 9.62. The summed E-state index contributed by atoms with van der Waals surface area (Å²) in [6.45, 7) is 3.11. The molecule has 1 aromatic carbocycles. The van der Waals surface area contributed by atoms with Crippen molar-refractivity contribution >= 4 is 17.4 Å². The van der Waals surface area contributed by atoms with E-state index in [9.17, 15) is 0 Å². The first-order chi connectivity index (χ1) is 7.72. The van der Waals surface area contributed by atoms with Gasteiger partial charge in [-0.2, -0.15) is 5.26 Å². The molecule has 1 aromatic rings. The molecule has 0 amide bonds. The van der Waals surface area contributed by atoms with Crippen LogP contribution in [0.4, 0.5) is 5.69 Å². The van der Waals surface area contributed by atoms with E-state index < -0.39 is 0 Å². The van der Waals surface area contributed by atoms with Crippen LogP contribution in [-0.4, -0.2) is 20.7 Å². The average Bonchev–Trinajstić information content (AvgIpc) is 2.30. The summed E-state index contributed by atoms with van der Waals surface area (Å²) in [6.07, 6.45) is 1.08. The van der Waals surface area contributed by atoms with Gasteiger partial charge in [-0.3, -0.25) is 0 Å². The number of thiocyanates is 1. The number of nitrogens with zero attached hydrogens (tertiary/aromatic N) is 2. The Morgan fingerprint density at radius 3 is 2.81 bits per heavy atom. The Morgan fingerprint density at radius 2 is 2.25 bits per heavy atom. The summed E-state index contributed by atoms with van der Waals surface area (Å²) >= 11 is 1.17. The average molecular weight is 236 g/mol. The van der Waals surface area contributed by atoms with E-state index >= 15 is 0 Å². The summed E-state index contributed by atoms with van der Waals surface area (Å²) in [5.74, 6) is 0.846. The quantitative estimate of drug-likeness (QED) is 0.581. The lowest BCUT2D eigenvalue weighted by Gasteiger charge is -2.21. The second-order valence-corrected chi connectivity index (χ2v) is 4.31. The Hall–Kier alpha value is -1.34. The van der Waals surface area contributed by atoms with Crippen LogP contribution in [0.3, 0.4) is 0 Å². The number of thioether (sulfide) groups is 1. The third kappa shape index (κ3) is 3.07. The van der Waals surface area contributed by atoms with Gasteiger partial charge >= 0.3 is 0 Å². The fourth-order valence-corrected chi connectivity index (χ4v) is 1.95. The van der Waals surface area contributed by atoms with Crippen molar-refractivity contribution in [3.05, 3.63) is 18.2 Å². The first-order valence-corrected chi connectivity index (χ1v) is 5.99. The molecule has 0 atom stereocenters. The van der Waals surface area contributed by atoms with Crippen LogP contribution in [0.2, 0.25) is 0 Å². The van der Waals surface area contributed by atoms with Crippen molar-refractivity contribution < 1.29 is 4.74 Å². The molecule has 1 rings (SSSR count). The molecule has 0 N–H and O–H groups in total. The molecule has 0 aliphatic carbocycles. The molecule has 0 aliphatic heterocycles. The molecule has 0 unspecified atom stereocenters. The lowest BCUT2D eigenvalue weighted by molar-refractivity contribution is 0.414. The lowest BCUT2D eigenvalue weighted by atomic mass is 10.2. The Bertz CT molecular complexity index is 387. The van der Waals surface area contributed by atoms with Crippen LogP contribution in [0.15, 0.2) is 23.1 Å². The van der Waals surface area contributed by atoms with Crippen molar-refractivity contribution in [2.24, 2.45) is 0 Å². The fraction of sp³-hybridized carbons (Fsp3) is 0.417. The number of hydrogen-bond acceptors (Lipinski definition) is 4. The topological polar surface area (TPSA) is 36.3 Å². The van der Waals surface area contributed by atoms with Crippen molar-refractivity contribution in [2.75, 3.05) is 25.6 Å². The molecule has 4 heteroatoms. The van der Waals surface area contributed by atoms with Crippen molar-refractivity contribution in [1.29, 1.82) is 5.26 Å². The van der Waals surface area contributed by atoms with E-state index in [-0.39, 0.29) is 0 Å². The number of benzene rings is 1. The van der Waals surface area contributed by atoms with Crippen molar-refractivity contribution in [1.82, 2.24) is 0 Å². The van der Waals surface area contributed by atoms with Gasteiger partial charge in [-0.25, -0.2) is 0 Å². The monoisotopic (exact) mass is 236 g/mol. The number of hydrogen-bond donors (Lipinski definition) is 0. The summed E-state index contributed by atoms with van der Waals surface area (Å²) in [4.78, 5) is 3.08. The molecule has 0 aliphatic rings. The molecule has 0 radical (unpaired) electrons. The fourth-order valence-electron chi connectivity index (χ4n) is 1.54. The van der Waals surface area contributed by atoms with Crippen LogP contribution in [-0.2, 0) is 0 Å². The smallest absolute Gasteiger partial charge is 0.142 e. The van der Waals surface area contributed by atoms with Gasteiger partial charge in [0.2, 0.25) is 0 Å². The minimum absolute atomic E-state index is 0.846. The van der Waals surface area contributed by atoms with E-state index in [0.29, 0.717) is 0 Å². The van der Waals surface area contributed by atoms with Crippen LogP contribution >= 0.6 is 11.8 Å². The molecule has 0 bridgehead atoms. The Balaban J connectivity index is 3.02. The zero-order chi connectivity index (χ0) is 12.0. The molecule has 3 nitrogen and oxygen atoms in total. The second kappa shape index (κ2) is 6.29. The molecule has 0 saturated heterocycles. The summed E-state index contributed by atoms with van der Waals surface area (Å²) in [7, 11) is 3.69. The van der Waals surface area contributed by atoms with Gasteiger partial charge in [-0.15, -0.1) is 0 Å². The van der Waals surface area contributed by atoms with Gasteiger partial charge in [0.25, 0.3) is 0 Å². The lowest BCUT2D eigenvalue weighted by Crippen LogP contribution is -2.18. The first-order valence-electron chi connectivity index (χ1n) is 5.18.